The Morgan fingerprint density at radius 1 is 1.38 bits per heavy atom. The van der Waals surface area contributed by atoms with Crippen LogP contribution < -0.4 is 5.32 Å². The second-order valence-corrected chi connectivity index (χ2v) is 6.19. The summed E-state index contributed by atoms with van der Waals surface area (Å²) in [5.74, 6) is -0.0713. The number of fused-ring (bicyclic) bond motifs is 1. The minimum absolute atomic E-state index is 0.0713. The fourth-order valence-corrected chi connectivity index (χ4v) is 3.04. The van der Waals surface area contributed by atoms with E-state index in [-0.39, 0.29) is 5.91 Å². The van der Waals surface area contributed by atoms with E-state index < -0.39 is 0 Å². The predicted molar refractivity (Wildman–Crippen MR) is 83.4 cm³/mol. The van der Waals surface area contributed by atoms with Crippen molar-refractivity contribution >= 4 is 27.3 Å². The zero-order chi connectivity index (χ0) is 14.8. The van der Waals surface area contributed by atoms with Crippen molar-refractivity contribution in [2.75, 3.05) is 0 Å². The summed E-state index contributed by atoms with van der Waals surface area (Å²) >= 11 is 1.51. The third-order valence-corrected chi connectivity index (χ3v) is 4.30. The summed E-state index contributed by atoms with van der Waals surface area (Å²) in [5, 5.41) is 3.98. The van der Waals surface area contributed by atoms with Crippen LogP contribution in [0.4, 0.5) is 0 Å². The molecule has 108 valence electrons. The number of carbonyl (C=O) groups excluding carboxylic acids is 1. The maximum Gasteiger partial charge on any atom is 0.261 e. The van der Waals surface area contributed by atoms with E-state index in [4.69, 9.17) is 0 Å². The topological polar surface area (TPSA) is 59.8 Å². The third-order valence-electron chi connectivity index (χ3n) is 3.21. The number of carbonyl (C=O) groups is 1. The number of hydrogen-bond acceptors (Lipinski definition) is 4. The van der Waals surface area contributed by atoms with Crippen molar-refractivity contribution < 1.29 is 4.79 Å². The van der Waals surface area contributed by atoms with Crippen LogP contribution in [0.3, 0.4) is 0 Å². The lowest BCUT2D eigenvalue weighted by Gasteiger charge is -2.05. The molecular weight excluding hydrogens is 284 g/mol. The second kappa shape index (κ2) is 5.65. The molecule has 5 nitrogen and oxygen atoms in total. The number of thiophene rings is 1. The maximum absolute atomic E-state index is 12.1. The molecule has 0 aromatic carbocycles. The van der Waals surface area contributed by atoms with Gasteiger partial charge in [-0.05, 0) is 19.9 Å². The molecule has 0 aliphatic rings. The van der Waals surface area contributed by atoms with Crippen LogP contribution in [0, 0.1) is 0 Å². The quantitative estimate of drug-likeness (QED) is 0.805. The van der Waals surface area contributed by atoms with Gasteiger partial charge in [0, 0.05) is 36.2 Å². The largest absolute Gasteiger partial charge is 0.350 e. The lowest BCUT2D eigenvalue weighted by atomic mass is 10.3. The summed E-state index contributed by atoms with van der Waals surface area (Å²) in [6.07, 6.45) is 9.05. The Hall–Kier alpha value is -2.21. The van der Waals surface area contributed by atoms with Gasteiger partial charge in [-0.2, -0.15) is 0 Å². The SMILES string of the molecule is CC(C)n1cc2cc(C(=O)NCc3cnccn3)sc2c1. The van der Waals surface area contributed by atoms with Crippen LogP contribution in [0.1, 0.15) is 35.3 Å². The average molecular weight is 300 g/mol. The average Bonchev–Trinajstić information content (AvgIpc) is 3.04. The van der Waals surface area contributed by atoms with Gasteiger partial charge in [-0.25, -0.2) is 0 Å². The summed E-state index contributed by atoms with van der Waals surface area (Å²) in [4.78, 5) is 21.0. The lowest BCUT2D eigenvalue weighted by molar-refractivity contribution is 0.0954. The van der Waals surface area contributed by atoms with Gasteiger partial charge >= 0.3 is 0 Å². The van der Waals surface area contributed by atoms with Gasteiger partial charge in [-0.1, -0.05) is 0 Å². The molecule has 6 heteroatoms. The Labute approximate surface area is 126 Å². The molecule has 21 heavy (non-hydrogen) atoms. The molecule has 0 aliphatic carbocycles. The molecule has 3 rings (SSSR count). The van der Waals surface area contributed by atoms with E-state index in [1.165, 1.54) is 11.3 Å². The minimum Gasteiger partial charge on any atom is -0.350 e. The Balaban J connectivity index is 1.71. The molecule has 3 aromatic rings. The van der Waals surface area contributed by atoms with Gasteiger partial charge < -0.3 is 9.88 Å². The van der Waals surface area contributed by atoms with Crippen LogP contribution >= 0.6 is 11.3 Å². The molecule has 0 bridgehead atoms. The third kappa shape index (κ3) is 2.95. The van der Waals surface area contributed by atoms with E-state index in [0.717, 1.165) is 20.7 Å². The molecule has 0 unspecified atom stereocenters. The summed E-state index contributed by atoms with van der Waals surface area (Å²) in [5.41, 5.74) is 0.749. The minimum atomic E-state index is -0.0713. The number of amides is 1. The van der Waals surface area contributed by atoms with Crippen molar-refractivity contribution in [2.24, 2.45) is 0 Å². The zero-order valence-corrected chi connectivity index (χ0v) is 12.7. The highest BCUT2D eigenvalue weighted by Gasteiger charge is 2.12. The first-order valence-corrected chi connectivity index (χ1v) is 7.59. The first-order chi connectivity index (χ1) is 10.1. The van der Waals surface area contributed by atoms with Crippen LogP contribution in [0.15, 0.2) is 37.1 Å². The van der Waals surface area contributed by atoms with Crippen LogP contribution in [0.2, 0.25) is 0 Å². The van der Waals surface area contributed by atoms with Crippen molar-refractivity contribution in [1.29, 1.82) is 0 Å². The monoisotopic (exact) mass is 300 g/mol. The van der Waals surface area contributed by atoms with Crippen molar-refractivity contribution in [3.8, 4) is 0 Å². The van der Waals surface area contributed by atoms with Crippen LogP contribution in [0.25, 0.3) is 10.1 Å². The van der Waals surface area contributed by atoms with E-state index in [0.29, 0.717) is 12.6 Å². The fraction of sp³-hybridized carbons (Fsp3) is 0.267. The molecule has 0 saturated carbocycles. The first-order valence-electron chi connectivity index (χ1n) is 6.77. The van der Waals surface area contributed by atoms with Crippen LogP contribution in [0.5, 0.6) is 0 Å². The predicted octanol–water partition coefficient (Wildman–Crippen LogP) is 3.00. The van der Waals surface area contributed by atoms with E-state index in [2.05, 4.69) is 46.1 Å². The molecule has 0 aliphatic heterocycles. The molecule has 0 spiro atoms. The highest BCUT2D eigenvalue weighted by molar-refractivity contribution is 7.20. The first kappa shape index (κ1) is 13.8. The van der Waals surface area contributed by atoms with E-state index >= 15 is 0 Å². The number of aromatic nitrogens is 3. The molecule has 1 amide bonds. The lowest BCUT2D eigenvalue weighted by Crippen LogP contribution is -2.22. The van der Waals surface area contributed by atoms with Gasteiger partial charge in [0.25, 0.3) is 5.91 Å². The van der Waals surface area contributed by atoms with Crippen molar-refractivity contribution in [2.45, 2.75) is 26.4 Å². The molecule has 0 fully saturated rings. The second-order valence-electron chi connectivity index (χ2n) is 5.11. The molecule has 1 N–H and O–H groups in total. The van der Waals surface area contributed by atoms with E-state index in [1.807, 2.05) is 6.07 Å². The van der Waals surface area contributed by atoms with Gasteiger partial charge in [0.15, 0.2) is 0 Å². The smallest absolute Gasteiger partial charge is 0.261 e. The molecule has 0 radical (unpaired) electrons. The summed E-state index contributed by atoms with van der Waals surface area (Å²) in [6.45, 7) is 4.66. The maximum atomic E-state index is 12.1. The highest BCUT2D eigenvalue weighted by Crippen LogP contribution is 2.28. The normalized spacial score (nSPS) is 11.2. The Morgan fingerprint density at radius 3 is 2.90 bits per heavy atom. The molecule has 3 aromatic heterocycles. The van der Waals surface area contributed by atoms with Gasteiger partial charge in [0.05, 0.1) is 28.0 Å². The number of hydrogen-bond donors (Lipinski definition) is 1. The van der Waals surface area contributed by atoms with E-state index in [9.17, 15) is 4.79 Å². The molecule has 3 heterocycles. The Morgan fingerprint density at radius 2 is 2.24 bits per heavy atom. The van der Waals surface area contributed by atoms with Gasteiger partial charge in [0.2, 0.25) is 0 Å². The fourth-order valence-electron chi connectivity index (χ4n) is 2.04. The molecule has 0 saturated heterocycles. The zero-order valence-electron chi connectivity index (χ0n) is 11.9. The summed E-state index contributed by atoms with van der Waals surface area (Å²) < 4.78 is 3.29. The Bertz CT molecular complexity index is 729. The van der Waals surface area contributed by atoms with Crippen molar-refractivity contribution in [1.82, 2.24) is 19.9 Å². The van der Waals surface area contributed by atoms with E-state index in [1.54, 1.807) is 18.6 Å². The van der Waals surface area contributed by atoms with Crippen LogP contribution in [-0.2, 0) is 6.54 Å². The molecular formula is C15H16N4OS. The summed E-state index contributed by atoms with van der Waals surface area (Å²) in [7, 11) is 0. The van der Waals surface area contributed by atoms with Gasteiger partial charge in [0.1, 0.15) is 0 Å². The number of rotatable bonds is 4. The van der Waals surface area contributed by atoms with Gasteiger partial charge in [-0.3, -0.25) is 14.8 Å². The van der Waals surface area contributed by atoms with Crippen molar-refractivity contribution in [3.05, 3.63) is 47.6 Å². The number of nitrogens with one attached hydrogen (secondary N) is 1. The van der Waals surface area contributed by atoms with Crippen LogP contribution in [-0.4, -0.2) is 20.4 Å². The molecule has 0 atom stereocenters. The standard InChI is InChI=1S/C15H16N4OS/c1-10(2)19-8-11-5-13(21-14(11)9-19)15(20)18-7-12-6-16-3-4-17-12/h3-6,8-10H,7H2,1-2H3,(H,18,20). The number of nitrogens with zero attached hydrogens (tertiary/aromatic N) is 3. The Kier molecular flexibility index (Phi) is 3.70. The summed E-state index contributed by atoms with van der Waals surface area (Å²) in [6, 6.07) is 2.36. The van der Waals surface area contributed by atoms with Gasteiger partial charge in [-0.15, -0.1) is 11.3 Å². The van der Waals surface area contributed by atoms with Crippen molar-refractivity contribution in [3.63, 3.8) is 0 Å². The highest BCUT2D eigenvalue weighted by atomic mass is 32.1.